The monoisotopic (exact) mass is 317 g/mol. The smallest absolute Gasteiger partial charge is 0.251 e. The van der Waals surface area contributed by atoms with Crippen LogP contribution >= 0.6 is 0 Å². The van der Waals surface area contributed by atoms with Gasteiger partial charge in [-0.15, -0.1) is 0 Å². The number of fused-ring (bicyclic) bond motifs is 1. The summed E-state index contributed by atoms with van der Waals surface area (Å²) in [4.78, 5) is 16.6. The van der Waals surface area contributed by atoms with Gasteiger partial charge in [0.25, 0.3) is 5.91 Å². The standard InChI is InChI=1S/C20H19N3O/c1-13-3-4-16(11-14(13)2)19-21-9-10-23(19)17-6-5-15-7-8-22-20(24)18(15)12-17/h3-6,9-12H,7-8H2,1-2H3,(H,22,24). The SMILES string of the molecule is Cc1ccc(-c2nccn2-c2ccc3c(c2)C(=O)NCC3)cc1C. The van der Waals surface area contributed by atoms with Crippen LogP contribution in [0.15, 0.2) is 48.8 Å². The molecule has 0 aliphatic carbocycles. The van der Waals surface area contributed by atoms with Crippen molar-refractivity contribution in [1.29, 1.82) is 0 Å². The molecule has 120 valence electrons. The molecule has 1 N–H and O–H groups in total. The predicted octanol–water partition coefficient (Wildman–Crippen LogP) is 3.44. The number of amides is 1. The van der Waals surface area contributed by atoms with Gasteiger partial charge in [-0.3, -0.25) is 9.36 Å². The van der Waals surface area contributed by atoms with Crippen molar-refractivity contribution in [3.8, 4) is 17.1 Å². The maximum absolute atomic E-state index is 12.1. The Morgan fingerprint density at radius 3 is 2.79 bits per heavy atom. The molecule has 4 nitrogen and oxygen atoms in total. The summed E-state index contributed by atoms with van der Waals surface area (Å²) in [5.41, 5.74) is 6.41. The van der Waals surface area contributed by atoms with E-state index >= 15 is 0 Å². The van der Waals surface area contributed by atoms with Gasteiger partial charge in [0, 0.05) is 35.8 Å². The van der Waals surface area contributed by atoms with E-state index in [4.69, 9.17) is 0 Å². The van der Waals surface area contributed by atoms with E-state index in [-0.39, 0.29) is 5.91 Å². The van der Waals surface area contributed by atoms with Gasteiger partial charge >= 0.3 is 0 Å². The van der Waals surface area contributed by atoms with E-state index in [0.29, 0.717) is 6.54 Å². The lowest BCUT2D eigenvalue weighted by molar-refractivity contribution is 0.0946. The van der Waals surface area contributed by atoms with Crippen molar-refractivity contribution in [1.82, 2.24) is 14.9 Å². The molecule has 3 aromatic rings. The molecule has 2 heterocycles. The summed E-state index contributed by atoms with van der Waals surface area (Å²) in [5.74, 6) is 0.889. The van der Waals surface area contributed by atoms with E-state index in [2.05, 4.69) is 48.4 Å². The van der Waals surface area contributed by atoms with Crippen LogP contribution in [-0.2, 0) is 6.42 Å². The zero-order chi connectivity index (χ0) is 16.7. The maximum atomic E-state index is 12.1. The Morgan fingerprint density at radius 1 is 1.08 bits per heavy atom. The molecule has 0 spiro atoms. The number of aromatic nitrogens is 2. The highest BCUT2D eigenvalue weighted by Crippen LogP contribution is 2.25. The fourth-order valence-electron chi connectivity index (χ4n) is 3.16. The molecular formula is C20H19N3O. The van der Waals surface area contributed by atoms with Crippen LogP contribution in [0.2, 0.25) is 0 Å². The first kappa shape index (κ1) is 14.7. The fraction of sp³-hybridized carbons (Fsp3) is 0.200. The van der Waals surface area contributed by atoms with Gasteiger partial charge < -0.3 is 5.32 Å². The molecule has 4 rings (SSSR count). The molecule has 24 heavy (non-hydrogen) atoms. The van der Waals surface area contributed by atoms with Crippen LogP contribution in [0, 0.1) is 13.8 Å². The Labute approximate surface area is 141 Å². The molecule has 2 aromatic carbocycles. The van der Waals surface area contributed by atoms with Crippen LogP contribution in [0.3, 0.4) is 0 Å². The first-order valence-electron chi connectivity index (χ1n) is 8.16. The highest BCUT2D eigenvalue weighted by atomic mass is 16.1. The van der Waals surface area contributed by atoms with Crippen molar-refractivity contribution in [2.45, 2.75) is 20.3 Å². The number of aryl methyl sites for hydroxylation is 2. The minimum atomic E-state index is 0.00551. The van der Waals surface area contributed by atoms with E-state index < -0.39 is 0 Å². The Kier molecular flexibility index (Phi) is 3.45. The Morgan fingerprint density at radius 2 is 1.96 bits per heavy atom. The number of carbonyl (C=O) groups is 1. The Balaban J connectivity index is 1.81. The van der Waals surface area contributed by atoms with E-state index in [1.165, 1.54) is 11.1 Å². The third kappa shape index (κ3) is 2.40. The average Bonchev–Trinajstić information content (AvgIpc) is 3.07. The molecule has 0 bridgehead atoms. The van der Waals surface area contributed by atoms with E-state index in [1.54, 1.807) is 6.20 Å². The molecule has 0 fully saturated rings. The van der Waals surface area contributed by atoms with Gasteiger partial charge in [-0.1, -0.05) is 18.2 Å². The topological polar surface area (TPSA) is 46.9 Å². The summed E-state index contributed by atoms with van der Waals surface area (Å²) in [6.07, 6.45) is 4.62. The van der Waals surface area contributed by atoms with Gasteiger partial charge in [0.2, 0.25) is 0 Å². The summed E-state index contributed by atoms with van der Waals surface area (Å²) in [6.45, 7) is 4.92. The number of nitrogens with zero attached hydrogens (tertiary/aromatic N) is 2. The Bertz CT molecular complexity index is 940. The lowest BCUT2D eigenvalue weighted by Crippen LogP contribution is -2.31. The predicted molar refractivity (Wildman–Crippen MR) is 94.5 cm³/mol. The number of benzene rings is 2. The number of carbonyl (C=O) groups excluding carboxylic acids is 1. The van der Waals surface area contributed by atoms with Crippen molar-refractivity contribution in [3.63, 3.8) is 0 Å². The molecule has 0 unspecified atom stereocenters. The summed E-state index contributed by atoms with van der Waals surface area (Å²) >= 11 is 0. The molecule has 1 amide bonds. The van der Waals surface area contributed by atoms with Gasteiger partial charge in [0.15, 0.2) is 0 Å². The lowest BCUT2D eigenvalue weighted by Gasteiger charge is -2.18. The van der Waals surface area contributed by atoms with Crippen LogP contribution in [0.4, 0.5) is 0 Å². The maximum Gasteiger partial charge on any atom is 0.251 e. The first-order valence-corrected chi connectivity index (χ1v) is 8.16. The molecule has 0 radical (unpaired) electrons. The number of rotatable bonds is 2. The van der Waals surface area contributed by atoms with Crippen molar-refractivity contribution in [3.05, 3.63) is 71.0 Å². The molecule has 0 saturated heterocycles. The normalized spacial score (nSPS) is 13.5. The van der Waals surface area contributed by atoms with Gasteiger partial charge in [-0.2, -0.15) is 0 Å². The lowest BCUT2D eigenvalue weighted by atomic mass is 9.99. The Hall–Kier alpha value is -2.88. The number of imidazole rings is 1. The zero-order valence-electron chi connectivity index (χ0n) is 13.8. The minimum Gasteiger partial charge on any atom is -0.352 e. The van der Waals surface area contributed by atoms with E-state index in [1.807, 2.05) is 22.9 Å². The highest BCUT2D eigenvalue weighted by Gasteiger charge is 2.18. The van der Waals surface area contributed by atoms with Crippen LogP contribution in [0.25, 0.3) is 17.1 Å². The van der Waals surface area contributed by atoms with Gasteiger partial charge in [-0.25, -0.2) is 4.98 Å². The third-order valence-corrected chi connectivity index (χ3v) is 4.70. The first-order chi connectivity index (χ1) is 11.6. The summed E-state index contributed by atoms with van der Waals surface area (Å²) in [5, 5.41) is 2.91. The highest BCUT2D eigenvalue weighted by molar-refractivity contribution is 5.97. The second-order valence-corrected chi connectivity index (χ2v) is 6.27. The summed E-state index contributed by atoms with van der Waals surface area (Å²) in [7, 11) is 0. The molecule has 0 atom stereocenters. The molecule has 0 saturated carbocycles. The average molecular weight is 317 g/mol. The van der Waals surface area contributed by atoms with Crippen LogP contribution in [0.5, 0.6) is 0 Å². The summed E-state index contributed by atoms with van der Waals surface area (Å²) < 4.78 is 2.03. The number of nitrogens with one attached hydrogen (secondary N) is 1. The van der Waals surface area contributed by atoms with Crippen LogP contribution in [0.1, 0.15) is 27.0 Å². The quantitative estimate of drug-likeness (QED) is 0.787. The third-order valence-electron chi connectivity index (χ3n) is 4.70. The summed E-state index contributed by atoms with van der Waals surface area (Å²) in [6, 6.07) is 12.4. The molecule has 1 aliphatic rings. The molecule has 4 heteroatoms. The zero-order valence-corrected chi connectivity index (χ0v) is 13.8. The second-order valence-electron chi connectivity index (χ2n) is 6.27. The van der Waals surface area contributed by atoms with Gasteiger partial charge in [-0.05, 0) is 55.2 Å². The van der Waals surface area contributed by atoms with Gasteiger partial charge in [0.05, 0.1) is 0 Å². The van der Waals surface area contributed by atoms with Gasteiger partial charge in [0.1, 0.15) is 5.82 Å². The minimum absolute atomic E-state index is 0.00551. The van der Waals surface area contributed by atoms with Crippen LogP contribution < -0.4 is 5.32 Å². The molecule has 1 aromatic heterocycles. The second kappa shape index (κ2) is 5.64. The van der Waals surface area contributed by atoms with E-state index in [9.17, 15) is 4.79 Å². The number of hydrogen-bond donors (Lipinski definition) is 1. The van der Waals surface area contributed by atoms with Crippen molar-refractivity contribution in [2.75, 3.05) is 6.54 Å². The van der Waals surface area contributed by atoms with Crippen LogP contribution in [-0.4, -0.2) is 22.0 Å². The largest absolute Gasteiger partial charge is 0.352 e. The molecular weight excluding hydrogens is 298 g/mol. The van der Waals surface area contributed by atoms with Crippen molar-refractivity contribution >= 4 is 5.91 Å². The van der Waals surface area contributed by atoms with Crippen molar-refractivity contribution in [2.24, 2.45) is 0 Å². The van der Waals surface area contributed by atoms with Crippen molar-refractivity contribution < 1.29 is 4.79 Å². The van der Waals surface area contributed by atoms with E-state index in [0.717, 1.165) is 34.6 Å². The molecule has 1 aliphatic heterocycles. The number of hydrogen-bond acceptors (Lipinski definition) is 2. The fourth-order valence-corrected chi connectivity index (χ4v) is 3.16.